The standard InChI is InChI=1S/C19H23FN4O2/c1-2-3-9-21-18(25)16-12-17-19(26)23(10-4-11-24(17)22-16)13-14-5-7-15(20)8-6-14/h5-8,12H,2-4,9-11,13H2,1H3,(H,21,25). The zero-order chi connectivity index (χ0) is 18.5. The third-order valence-corrected chi connectivity index (χ3v) is 4.42. The zero-order valence-electron chi connectivity index (χ0n) is 14.9. The van der Waals surface area contributed by atoms with Crippen LogP contribution in [-0.4, -0.2) is 39.6 Å². The number of hydrogen-bond donors (Lipinski definition) is 1. The number of carbonyl (C=O) groups is 2. The molecule has 2 heterocycles. The molecule has 0 saturated heterocycles. The number of benzene rings is 1. The SMILES string of the molecule is CCCCNC(=O)c1cc2n(n1)CCCN(Cc1ccc(F)cc1)C2=O. The maximum Gasteiger partial charge on any atom is 0.272 e. The van der Waals surface area contributed by atoms with E-state index in [9.17, 15) is 14.0 Å². The first-order chi connectivity index (χ1) is 12.6. The summed E-state index contributed by atoms with van der Waals surface area (Å²) in [6.45, 7) is 4.24. The highest BCUT2D eigenvalue weighted by atomic mass is 19.1. The highest BCUT2D eigenvalue weighted by molar-refractivity contribution is 5.98. The second-order valence-corrected chi connectivity index (χ2v) is 6.45. The monoisotopic (exact) mass is 358 g/mol. The van der Waals surface area contributed by atoms with E-state index in [4.69, 9.17) is 0 Å². The maximum absolute atomic E-state index is 13.1. The number of nitrogens with one attached hydrogen (secondary N) is 1. The van der Waals surface area contributed by atoms with Crippen LogP contribution in [0.1, 0.15) is 52.7 Å². The third-order valence-electron chi connectivity index (χ3n) is 4.42. The molecule has 0 aliphatic carbocycles. The highest BCUT2D eigenvalue weighted by Crippen LogP contribution is 2.17. The average molecular weight is 358 g/mol. The Kier molecular flexibility index (Phi) is 5.65. The average Bonchev–Trinajstić information content (AvgIpc) is 3.00. The van der Waals surface area contributed by atoms with E-state index in [1.165, 1.54) is 12.1 Å². The van der Waals surface area contributed by atoms with Crippen molar-refractivity contribution in [3.63, 3.8) is 0 Å². The molecule has 1 aromatic carbocycles. The van der Waals surface area contributed by atoms with Crippen LogP contribution < -0.4 is 5.32 Å². The van der Waals surface area contributed by atoms with Gasteiger partial charge in [-0.15, -0.1) is 0 Å². The summed E-state index contributed by atoms with van der Waals surface area (Å²) in [6.07, 6.45) is 2.65. The van der Waals surface area contributed by atoms with Crippen molar-refractivity contribution in [1.29, 1.82) is 0 Å². The molecule has 6 nitrogen and oxygen atoms in total. The summed E-state index contributed by atoms with van der Waals surface area (Å²) in [5, 5.41) is 7.12. The Labute approximate surface area is 152 Å². The van der Waals surface area contributed by atoms with Crippen LogP contribution in [-0.2, 0) is 13.1 Å². The smallest absolute Gasteiger partial charge is 0.272 e. The fourth-order valence-corrected chi connectivity index (χ4v) is 2.98. The van der Waals surface area contributed by atoms with Gasteiger partial charge in [-0.25, -0.2) is 4.39 Å². The van der Waals surface area contributed by atoms with Gasteiger partial charge in [0, 0.05) is 32.2 Å². The summed E-state index contributed by atoms with van der Waals surface area (Å²) in [6, 6.07) is 7.70. The lowest BCUT2D eigenvalue weighted by molar-refractivity contribution is 0.0745. The first-order valence-corrected chi connectivity index (χ1v) is 8.98. The molecule has 0 unspecified atom stereocenters. The molecule has 1 aliphatic heterocycles. The summed E-state index contributed by atoms with van der Waals surface area (Å²) in [5.41, 5.74) is 1.56. The third kappa shape index (κ3) is 4.09. The van der Waals surface area contributed by atoms with Crippen molar-refractivity contribution in [1.82, 2.24) is 20.0 Å². The van der Waals surface area contributed by atoms with Gasteiger partial charge in [0.2, 0.25) is 0 Å². The minimum atomic E-state index is -0.298. The van der Waals surface area contributed by atoms with Crippen molar-refractivity contribution in [2.75, 3.05) is 13.1 Å². The molecule has 0 fully saturated rings. The van der Waals surface area contributed by atoms with E-state index in [1.807, 2.05) is 0 Å². The topological polar surface area (TPSA) is 67.2 Å². The first kappa shape index (κ1) is 18.1. The van der Waals surface area contributed by atoms with E-state index in [-0.39, 0.29) is 23.3 Å². The van der Waals surface area contributed by atoms with Gasteiger partial charge in [-0.1, -0.05) is 25.5 Å². The minimum Gasteiger partial charge on any atom is -0.351 e. The van der Waals surface area contributed by atoms with Crippen LogP contribution in [0.3, 0.4) is 0 Å². The van der Waals surface area contributed by atoms with Gasteiger partial charge in [0.25, 0.3) is 11.8 Å². The Morgan fingerprint density at radius 3 is 2.77 bits per heavy atom. The molecule has 138 valence electrons. The summed E-state index contributed by atoms with van der Waals surface area (Å²) in [4.78, 5) is 26.8. The van der Waals surface area contributed by atoms with Crippen molar-refractivity contribution in [2.45, 2.75) is 39.3 Å². The van der Waals surface area contributed by atoms with Crippen LogP contribution in [0.15, 0.2) is 30.3 Å². The number of aromatic nitrogens is 2. The lowest BCUT2D eigenvalue weighted by Gasteiger charge is -2.20. The predicted molar refractivity (Wildman–Crippen MR) is 95.2 cm³/mol. The van der Waals surface area contributed by atoms with E-state index >= 15 is 0 Å². The van der Waals surface area contributed by atoms with E-state index < -0.39 is 0 Å². The Morgan fingerprint density at radius 2 is 2.04 bits per heavy atom. The second kappa shape index (κ2) is 8.12. The van der Waals surface area contributed by atoms with Crippen LogP contribution >= 0.6 is 0 Å². The van der Waals surface area contributed by atoms with Gasteiger partial charge in [-0.2, -0.15) is 5.10 Å². The summed E-state index contributed by atoms with van der Waals surface area (Å²) in [7, 11) is 0. The molecule has 0 saturated carbocycles. The van der Waals surface area contributed by atoms with Crippen molar-refractivity contribution < 1.29 is 14.0 Å². The molecule has 2 amide bonds. The number of fused-ring (bicyclic) bond motifs is 1. The van der Waals surface area contributed by atoms with Gasteiger partial charge >= 0.3 is 0 Å². The largest absolute Gasteiger partial charge is 0.351 e. The van der Waals surface area contributed by atoms with Crippen molar-refractivity contribution in [3.05, 3.63) is 53.1 Å². The van der Waals surface area contributed by atoms with Crippen LogP contribution in [0.2, 0.25) is 0 Å². The Morgan fingerprint density at radius 1 is 1.27 bits per heavy atom. The quantitative estimate of drug-likeness (QED) is 0.807. The minimum absolute atomic E-state index is 0.160. The predicted octanol–water partition coefficient (Wildman–Crippen LogP) is 2.60. The Bertz CT molecular complexity index is 785. The lowest BCUT2D eigenvalue weighted by Crippen LogP contribution is -2.30. The fourth-order valence-electron chi connectivity index (χ4n) is 2.98. The maximum atomic E-state index is 13.1. The number of aryl methyl sites for hydroxylation is 1. The summed E-state index contributed by atoms with van der Waals surface area (Å²) in [5.74, 6) is -0.711. The highest BCUT2D eigenvalue weighted by Gasteiger charge is 2.26. The van der Waals surface area contributed by atoms with Gasteiger partial charge in [0.05, 0.1) is 0 Å². The van der Waals surface area contributed by atoms with Gasteiger partial charge < -0.3 is 10.2 Å². The molecular formula is C19H23FN4O2. The summed E-state index contributed by atoms with van der Waals surface area (Å²) >= 11 is 0. The van der Waals surface area contributed by atoms with Crippen molar-refractivity contribution in [3.8, 4) is 0 Å². The normalized spacial score (nSPS) is 14.1. The molecule has 0 spiro atoms. The van der Waals surface area contributed by atoms with Gasteiger partial charge in [-0.05, 0) is 30.5 Å². The number of carbonyl (C=O) groups excluding carboxylic acids is 2. The van der Waals surface area contributed by atoms with Gasteiger partial charge in [-0.3, -0.25) is 14.3 Å². The molecule has 0 bridgehead atoms. The molecule has 0 atom stereocenters. The molecule has 1 aliphatic rings. The van der Waals surface area contributed by atoms with Crippen molar-refractivity contribution in [2.24, 2.45) is 0 Å². The molecule has 7 heteroatoms. The molecule has 1 N–H and O–H groups in total. The number of unbranched alkanes of at least 4 members (excludes halogenated alkanes) is 1. The summed E-state index contributed by atoms with van der Waals surface area (Å²) < 4.78 is 14.7. The zero-order valence-corrected chi connectivity index (χ0v) is 14.9. The molecule has 0 radical (unpaired) electrons. The number of hydrogen-bond acceptors (Lipinski definition) is 3. The first-order valence-electron chi connectivity index (χ1n) is 8.98. The van der Waals surface area contributed by atoms with Gasteiger partial charge in [0.1, 0.15) is 11.5 Å². The van der Waals surface area contributed by atoms with Gasteiger partial charge in [0.15, 0.2) is 5.69 Å². The Hall–Kier alpha value is -2.70. The van der Waals surface area contributed by atoms with Crippen LogP contribution in [0.25, 0.3) is 0 Å². The van der Waals surface area contributed by atoms with Crippen molar-refractivity contribution >= 4 is 11.8 Å². The number of rotatable bonds is 6. The van der Waals surface area contributed by atoms with E-state index in [1.54, 1.807) is 27.8 Å². The number of halogens is 1. The number of nitrogens with zero attached hydrogens (tertiary/aromatic N) is 3. The van der Waals surface area contributed by atoms with Crippen LogP contribution in [0.4, 0.5) is 4.39 Å². The van der Waals surface area contributed by atoms with Crippen LogP contribution in [0, 0.1) is 5.82 Å². The fraction of sp³-hybridized carbons (Fsp3) is 0.421. The molecular weight excluding hydrogens is 335 g/mol. The molecule has 26 heavy (non-hydrogen) atoms. The van der Waals surface area contributed by atoms with E-state index in [0.717, 1.165) is 24.8 Å². The second-order valence-electron chi connectivity index (χ2n) is 6.45. The Balaban J connectivity index is 1.74. The van der Waals surface area contributed by atoms with E-state index in [0.29, 0.717) is 31.9 Å². The lowest BCUT2D eigenvalue weighted by atomic mass is 10.2. The van der Waals surface area contributed by atoms with Crippen LogP contribution in [0.5, 0.6) is 0 Å². The molecule has 1 aromatic heterocycles. The van der Waals surface area contributed by atoms with E-state index in [2.05, 4.69) is 17.3 Å². The number of amides is 2. The molecule has 3 rings (SSSR count). The molecule has 2 aromatic rings.